The van der Waals surface area contributed by atoms with Gasteiger partial charge in [0.25, 0.3) is 0 Å². The quantitative estimate of drug-likeness (QED) is 0.655. The Bertz CT molecular complexity index is 284. The van der Waals surface area contributed by atoms with Gasteiger partial charge in [-0.3, -0.25) is 4.79 Å². The molecule has 0 atom stereocenters. The fraction of sp³-hybridized carbons (Fsp3) is 0.222. The van der Waals surface area contributed by atoms with Crippen LogP contribution in [-0.4, -0.2) is 18.4 Å². The van der Waals surface area contributed by atoms with Crippen molar-refractivity contribution in [3.8, 4) is 5.75 Å². The van der Waals surface area contributed by atoms with Crippen LogP contribution in [0.25, 0.3) is 0 Å². The lowest BCUT2D eigenvalue weighted by Crippen LogP contribution is -2.05. The summed E-state index contributed by atoms with van der Waals surface area (Å²) in [5, 5.41) is 12.1. The fourth-order valence-electron chi connectivity index (χ4n) is 1.01. The van der Waals surface area contributed by atoms with Gasteiger partial charge >= 0.3 is 0 Å². The first-order chi connectivity index (χ1) is 5.77. The number of phenols is 1. The molecule has 0 aliphatic rings. The largest absolute Gasteiger partial charge is 0.507 e. The summed E-state index contributed by atoms with van der Waals surface area (Å²) in [7, 11) is 1.83. The van der Waals surface area contributed by atoms with Gasteiger partial charge in [0.2, 0.25) is 0 Å². The Kier molecular flexibility index (Phi) is 2.82. The van der Waals surface area contributed by atoms with E-state index >= 15 is 0 Å². The van der Waals surface area contributed by atoms with E-state index in [2.05, 4.69) is 5.32 Å². The van der Waals surface area contributed by atoms with E-state index in [0.717, 1.165) is 5.56 Å². The zero-order valence-corrected chi connectivity index (χ0v) is 6.87. The predicted molar refractivity (Wildman–Crippen MR) is 46.3 cm³/mol. The Morgan fingerprint density at radius 2 is 2.33 bits per heavy atom. The third kappa shape index (κ3) is 1.83. The van der Waals surface area contributed by atoms with E-state index in [1.807, 2.05) is 7.05 Å². The van der Waals surface area contributed by atoms with Crippen molar-refractivity contribution >= 4 is 6.29 Å². The summed E-state index contributed by atoms with van der Waals surface area (Å²) in [6.45, 7) is 0.696. The van der Waals surface area contributed by atoms with Crippen molar-refractivity contribution in [3.05, 3.63) is 29.3 Å². The fourth-order valence-corrected chi connectivity index (χ4v) is 1.01. The van der Waals surface area contributed by atoms with Gasteiger partial charge in [0.15, 0.2) is 6.29 Å². The van der Waals surface area contributed by atoms with E-state index in [4.69, 9.17) is 5.11 Å². The van der Waals surface area contributed by atoms with Gasteiger partial charge in [0.05, 0.1) is 5.56 Å². The van der Waals surface area contributed by atoms with Crippen LogP contribution in [0.3, 0.4) is 0 Å². The highest BCUT2D eigenvalue weighted by atomic mass is 16.3. The normalized spacial score (nSPS) is 9.75. The maximum absolute atomic E-state index is 10.4. The Balaban J connectivity index is 2.96. The summed E-state index contributed by atoms with van der Waals surface area (Å²) in [5.74, 6) is 0.0323. The highest BCUT2D eigenvalue weighted by molar-refractivity contribution is 5.79. The molecule has 64 valence electrons. The molecule has 3 nitrogen and oxygen atoms in total. The smallest absolute Gasteiger partial charge is 0.153 e. The highest BCUT2D eigenvalue weighted by Gasteiger charge is 1.99. The van der Waals surface area contributed by atoms with Gasteiger partial charge in [-0.25, -0.2) is 0 Å². The Hall–Kier alpha value is -1.35. The molecule has 0 radical (unpaired) electrons. The van der Waals surface area contributed by atoms with E-state index in [0.29, 0.717) is 18.4 Å². The molecule has 0 bridgehead atoms. The molecule has 12 heavy (non-hydrogen) atoms. The Labute approximate surface area is 71.0 Å². The molecule has 1 rings (SSSR count). The van der Waals surface area contributed by atoms with Crippen molar-refractivity contribution < 1.29 is 9.90 Å². The zero-order chi connectivity index (χ0) is 8.97. The van der Waals surface area contributed by atoms with Gasteiger partial charge in [-0.1, -0.05) is 6.07 Å². The highest BCUT2D eigenvalue weighted by Crippen LogP contribution is 2.15. The lowest BCUT2D eigenvalue weighted by molar-refractivity contribution is 0.112. The number of carbonyl (C=O) groups is 1. The van der Waals surface area contributed by atoms with E-state index in [1.165, 1.54) is 6.07 Å². The molecule has 0 aliphatic heterocycles. The maximum Gasteiger partial charge on any atom is 0.153 e. The standard InChI is InChI=1S/C9H11NO2/c1-10-5-7-2-3-9(12)8(4-7)6-11/h2-4,6,10,12H,5H2,1H3. The van der Waals surface area contributed by atoms with Gasteiger partial charge in [0, 0.05) is 6.54 Å². The average molecular weight is 165 g/mol. The van der Waals surface area contributed by atoms with Crippen molar-refractivity contribution in [2.75, 3.05) is 7.05 Å². The Morgan fingerprint density at radius 3 is 2.92 bits per heavy atom. The summed E-state index contributed by atoms with van der Waals surface area (Å²) in [6, 6.07) is 4.97. The molecular formula is C9H11NO2. The van der Waals surface area contributed by atoms with Crippen LogP contribution < -0.4 is 5.32 Å². The maximum atomic E-state index is 10.4. The van der Waals surface area contributed by atoms with Crippen molar-refractivity contribution in [2.45, 2.75) is 6.54 Å². The monoisotopic (exact) mass is 165 g/mol. The van der Waals surface area contributed by atoms with Crippen LogP contribution in [0, 0.1) is 0 Å². The van der Waals surface area contributed by atoms with Gasteiger partial charge in [-0.05, 0) is 24.7 Å². The number of hydrogen-bond donors (Lipinski definition) is 2. The lowest BCUT2D eigenvalue weighted by atomic mass is 10.1. The van der Waals surface area contributed by atoms with Crippen molar-refractivity contribution in [3.63, 3.8) is 0 Å². The number of rotatable bonds is 3. The number of aldehydes is 1. The first kappa shape index (κ1) is 8.74. The molecule has 0 aromatic heterocycles. The molecule has 3 heteroatoms. The first-order valence-corrected chi connectivity index (χ1v) is 3.69. The van der Waals surface area contributed by atoms with Crippen molar-refractivity contribution in [1.82, 2.24) is 5.32 Å². The second-order valence-corrected chi connectivity index (χ2v) is 2.54. The molecule has 0 saturated heterocycles. The number of hydrogen-bond acceptors (Lipinski definition) is 3. The number of phenolic OH excluding ortho intramolecular Hbond substituents is 1. The van der Waals surface area contributed by atoms with E-state index < -0.39 is 0 Å². The summed E-state index contributed by atoms with van der Waals surface area (Å²) >= 11 is 0. The topological polar surface area (TPSA) is 49.3 Å². The molecular weight excluding hydrogens is 154 g/mol. The predicted octanol–water partition coefficient (Wildman–Crippen LogP) is 0.924. The molecule has 0 saturated carbocycles. The summed E-state index contributed by atoms with van der Waals surface area (Å²) in [4.78, 5) is 10.4. The molecule has 2 N–H and O–H groups in total. The van der Waals surface area contributed by atoms with E-state index in [-0.39, 0.29) is 5.75 Å². The Morgan fingerprint density at radius 1 is 1.58 bits per heavy atom. The van der Waals surface area contributed by atoms with Crippen LogP contribution in [0.15, 0.2) is 18.2 Å². The molecule has 0 aliphatic carbocycles. The minimum Gasteiger partial charge on any atom is -0.507 e. The van der Waals surface area contributed by atoms with Crippen LogP contribution in [0.1, 0.15) is 15.9 Å². The van der Waals surface area contributed by atoms with Crippen LogP contribution in [0.5, 0.6) is 5.75 Å². The molecule has 0 amide bonds. The van der Waals surface area contributed by atoms with Crippen LogP contribution in [-0.2, 0) is 6.54 Å². The summed E-state index contributed by atoms with van der Waals surface area (Å²) in [5.41, 5.74) is 1.32. The zero-order valence-electron chi connectivity index (χ0n) is 6.87. The third-order valence-electron chi connectivity index (χ3n) is 1.60. The van der Waals surface area contributed by atoms with Crippen LogP contribution in [0.4, 0.5) is 0 Å². The molecule has 0 unspecified atom stereocenters. The molecule has 0 spiro atoms. The molecule has 1 aromatic carbocycles. The van der Waals surface area contributed by atoms with Gasteiger partial charge in [0.1, 0.15) is 5.75 Å². The SMILES string of the molecule is CNCc1ccc(O)c(C=O)c1. The molecule has 1 aromatic rings. The lowest BCUT2D eigenvalue weighted by Gasteiger charge is -2.01. The molecule has 0 fully saturated rings. The van der Waals surface area contributed by atoms with E-state index in [9.17, 15) is 4.79 Å². The minimum absolute atomic E-state index is 0.0323. The second kappa shape index (κ2) is 3.88. The van der Waals surface area contributed by atoms with Gasteiger partial charge < -0.3 is 10.4 Å². The number of aromatic hydroxyl groups is 1. The second-order valence-electron chi connectivity index (χ2n) is 2.54. The van der Waals surface area contributed by atoms with Crippen molar-refractivity contribution in [2.24, 2.45) is 0 Å². The summed E-state index contributed by atoms with van der Waals surface area (Å²) in [6.07, 6.45) is 0.647. The number of nitrogens with one attached hydrogen (secondary N) is 1. The van der Waals surface area contributed by atoms with E-state index in [1.54, 1.807) is 12.1 Å². The number of benzene rings is 1. The van der Waals surface area contributed by atoms with Crippen LogP contribution in [0.2, 0.25) is 0 Å². The number of carbonyl (C=O) groups excluding carboxylic acids is 1. The van der Waals surface area contributed by atoms with Gasteiger partial charge in [-0.2, -0.15) is 0 Å². The average Bonchev–Trinajstić information content (AvgIpc) is 2.09. The minimum atomic E-state index is 0.0323. The van der Waals surface area contributed by atoms with Gasteiger partial charge in [-0.15, -0.1) is 0 Å². The third-order valence-corrected chi connectivity index (χ3v) is 1.60. The summed E-state index contributed by atoms with van der Waals surface area (Å²) < 4.78 is 0. The first-order valence-electron chi connectivity index (χ1n) is 3.69. The molecule has 0 heterocycles. The van der Waals surface area contributed by atoms with Crippen LogP contribution >= 0.6 is 0 Å². The van der Waals surface area contributed by atoms with Crippen molar-refractivity contribution in [1.29, 1.82) is 0 Å².